The predicted molar refractivity (Wildman–Crippen MR) is 139 cm³/mol. The molecule has 0 N–H and O–H groups in total. The van der Waals surface area contributed by atoms with E-state index in [1.807, 2.05) is 24.3 Å². The summed E-state index contributed by atoms with van der Waals surface area (Å²) in [6.07, 6.45) is 16.7. The normalized spacial score (nSPS) is 10.9. The van der Waals surface area contributed by atoms with Crippen LogP contribution in [0.5, 0.6) is 5.75 Å². The third kappa shape index (κ3) is 8.40. The van der Waals surface area contributed by atoms with Crippen molar-refractivity contribution in [2.24, 2.45) is 0 Å². The Labute approximate surface area is 204 Å². The summed E-state index contributed by atoms with van der Waals surface area (Å²) in [5.74, 6) is 0.582. The van der Waals surface area contributed by atoms with Crippen molar-refractivity contribution in [1.82, 2.24) is 9.97 Å². The Balaban J connectivity index is 1.47. The van der Waals surface area contributed by atoms with Crippen LogP contribution in [0.1, 0.15) is 93.1 Å². The molecule has 4 heteroatoms. The topological polar surface area (TPSA) is 52.1 Å². The Morgan fingerprint density at radius 3 is 1.79 bits per heavy atom. The van der Waals surface area contributed by atoms with Crippen molar-refractivity contribution in [3.63, 3.8) is 0 Å². The highest BCUT2D eigenvalue weighted by atomic mass is 16.5. The van der Waals surface area contributed by atoms with Gasteiger partial charge < -0.3 is 4.74 Å². The molecular weight excluding hydrogens is 420 g/mol. The fourth-order valence-corrected chi connectivity index (χ4v) is 4.00. The van der Waals surface area contributed by atoms with Gasteiger partial charge in [0.15, 0.2) is 11.6 Å². The van der Waals surface area contributed by atoms with E-state index in [4.69, 9.17) is 4.74 Å². The zero-order valence-electron chi connectivity index (χ0n) is 20.8. The minimum Gasteiger partial charge on any atom is -0.420 e. The van der Waals surface area contributed by atoms with Crippen LogP contribution in [-0.2, 0) is 12.8 Å². The molecule has 0 saturated carbocycles. The number of carbonyl (C=O) groups is 1. The second-order valence-corrected chi connectivity index (χ2v) is 9.00. The molecule has 0 aliphatic heterocycles. The molecule has 0 aliphatic rings. The highest BCUT2D eigenvalue weighted by molar-refractivity contribution is 5.91. The maximum absolute atomic E-state index is 12.5. The van der Waals surface area contributed by atoms with Crippen molar-refractivity contribution < 1.29 is 9.53 Å². The Kier molecular flexibility index (Phi) is 10.8. The van der Waals surface area contributed by atoms with Gasteiger partial charge in [0, 0.05) is 5.56 Å². The Morgan fingerprint density at radius 2 is 1.18 bits per heavy atom. The second-order valence-electron chi connectivity index (χ2n) is 9.00. The molecule has 34 heavy (non-hydrogen) atoms. The number of unbranched alkanes of at least 4 members (excludes halogenated alkanes) is 7. The smallest absolute Gasteiger partial charge is 0.343 e. The molecule has 0 spiro atoms. The number of hydrogen-bond acceptors (Lipinski definition) is 4. The van der Waals surface area contributed by atoms with Gasteiger partial charge in [-0.2, -0.15) is 0 Å². The zero-order valence-corrected chi connectivity index (χ0v) is 20.8. The van der Waals surface area contributed by atoms with Crippen molar-refractivity contribution in [2.75, 3.05) is 0 Å². The van der Waals surface area contributed by atoms with Crippen molar-refractivity contribution in [3.05, 3.63) is 77.6 Å². The highest BCUT2D eigenvalue weighted by Gasteiger charge is 2.10. The molecule has 2 aromatic carbocycles. The summed E-state index contributed by atoms with van der Waals surface area (Å²) in [6.45, 7) is 4.46. The lowest BCUT2D eigenvalue weighted by Gasteiger charge is -2.07. The molecule has 0 aliphatic carbocycles. The predicted octanol–water partition coefficient (Wildman–Crippen LogP) is 8.00. The van der Waals surface area contributed by atoms with E-state index in [1.165, 1.54) is 68.9 Å². The third-order valence-electron chi connectivity index (χ3n) is 6.13. The van der Waals surface area contributed by atoms with E-state index in [1.54, 1.807) is 12.4 Å². The van der Waals surface area contributed by atoms with Crippen LogP contribution in [0.2, 0.25) is 0 Å². The SMILES string of the molecule is CCCCCCCCc1ccc(C(=O)Oc2cnc(-c3ccc(CCCCC)cc3)nc2)cc1. The minimum absolute atomic E-state index is 0.348. The van der Waals surface area contributed by atoms with E-state index in [0.29, 0.717) is 17.1 Å². The number of nitrogens with zero attached hydrogens (tertiary/aromatic N) is 2. The molecule has 180 valence electrons. The van der Waals surface area contributed by atoms with E-state index >= 15 is 0 Å². The minimum atomic E-state index is -0.390. The number of aryl methyl sites for hydroxylation is 2. The largest absolute Gasteiger partial charge is 0.420 e. The van der Waals surface area contributed by atoms with Gasteiger partial charge >= 0.3 is 5.97 Å². The summed E-state index contributed by atoms with van der Waals surface area (Å²) in [5, 5.41) is 0. The summed E-state index contributed by atoms with van der Waals surface area (Å²) < 4.78 is 5.48. The first-order chi connectivity index (χ1) is 16.7. The maximum atomic E-state index is 12.5. The van der Waals surface area contributed by atoms with Gasteiger partial charge in [-0.05, 0) is 48.9 Å². The lowest BCUT2D eigenvalue weighted by atomic mass is 10.0. The molecule has 4 nitrogen and oxygen atoms in total. The monoisotopic (exact) mass is 458 g/mol. The number of benzene rings is 2. The lowest BCUT2D eigenvalue weighted by molar-refractivity contribution is 0.0733. The van der Waals surface area contributed by atoms with Crippen LogP contribution in [-0.4, -0.2) is 15.9 Å². The average Bonchev–Trinajstić information content (AvgIpc) is 2.87. The number of hydrogen-bond donors (Lipinski definition) is 0. The second kappa shape index (κ2) is 14.3. The van der Waals surface area contributed by atoms with E-state index in [0.717, 1.165) is 18.4 Å². The van der Waals surface area contributed by atoms with Crippen LogP contribution >= 0.6 is 0 Å². The van der Waals surface area contributed by atoms with E-state index < -0.39 is 0 Å². The van der Waals surface area contributed by atoms with Crippen LogP contribution in [0.25, 0.3) is 11.4 Å². The van der Waals surface area contributed by atoms with Gasteiger partial charge in [-0.15, -0.1) is 0 Å². The lowest BCUT2D eigenvalue weighted by Crippen LogP contribution is -2.09. The number of ether oxygens (including phenoxy) is 1. The summed E-state index contributed by atoms with van der Waals surface area (Å²) in [6, 6.07) is 16.1. The molecule has 3 aromatic rings. The van der Waals surface area contributed by atoms with Crippen LogP contribution in [0.15, 0.2) is 60.9 Å². The standard InChI is InChI=1S/C30H38N2O2/c1-3-5-7-8-9-11-13-25-16-20-27(21-17-25)30(33)34-28-22-31-29(32-23-28)26-18-14-24(15-19-26)12-10-6-4-2/h14-23H,3-13H2,1-2H3. The molecule has 1 aromatic heterocycles. The van der Waals surface area contributed by atoms with Crippen LogP contribution in [0.3, 0.4) is 0 Å². The van der Waals surface area contributed by atoms with Crippen molar-refractivity contribution in [3.8, 4) is 17.1 Å². The fourth-order valence-electron chi connectivity index (χ4n) is 4.00. The van der Waals surface area contributed by atoms with Gasteiger partial charge in [0.1, 0.15) is 0 Å². The Morgan fingerprint density at radius 1 is 0.676 bits per heavy atom. The summed E-state index contributed by atoms with van der Waals surface area (Å²) in [4.78, 5) is 21.3. The molecule has 0 atom stereocenters. The van der Waals surface area contributed by atoms with Gasteiger partial charge in [-0.3, -0.25) is 0 Å². The van der Waals surface area contributed by atoms with Gasteiger partial charge in [-0.1, -0.05) is 95.2 Å². The van der Waals surface area contributed by atoms with Gasteiger partial charge in [0.05, 0.1) is 18.0 Å². The molecular formula is C30H38N2O2. The summed E-state index contributed by atoms with van der Waals surface area (Å²) in [5.41, 5.74) is 4.09. The quantitative estimate of drug-likeness (QED) is 0.181. The zero-order chi connectivity index (χ0) is 24.0. The third-order valence-corrected chi connectivity index (χ3v) is 6.13. The molecule has 0 amide bonds. The first kappa shape index (κ1) is 25.6. The van der Waals surface area contributed by atoms with E-state index in [9.17, 15) is 4.79 Å². The van der Waals surface area contributed by atoms with Crippen molar-refractivity contribution >= 4 is 5.97 Å². The van der Waals surface area contributed by atoms with Crippen LogP contribution in [0.4, 0.5) is 0 Å². The Bertz CT molecular complexity index is 980. The maximum Gasteiger partial charge on any atom is 0.343 e. The molecule has 0 saturated heterocycles. The molecule has 0 bridgehead atoms. The highest BCUT2D eigenvalue weighted by Crippen LogP contribution is 2.19. The van der Waals surface area contributed by atoms with Gasteiger partial charge in [0.2, 0.25) is 0 Å². The number of aromatic nitrogens is 2. The molecule has 0 unspecified atom stereocenters. The average molecular weight is 459 g/mol. The van der Waals surface area contributed by atoms with Gasteiger partial charge in [-0.25, -0.2) is 14.8 Å². The summed E-state index contributed by atoms with van der Waals surface area (Å²) >= 11 is 0. The van der Waals surface area contributed by atoms with E-state index in [2.05, 4.69) is 48.1 Å². The number of carbonyl (C=O) groups excluding carboxylic acids is 1. The number of esters is 1. The van der Waals surface area contributed by atoms with E-state index in [-0.39, 0.29) is 5.97 Å². The van der Waals surface area contributed by atoms with Crippen LogP contribution < -0.4 is 4.74 Å². The molecule has 0 radical (unpaired) electrons. The van der Waals surface area contributed by atoms with Crippen molar-refractivity contribution in [1.29, 1.82) is 0 Å². The molecule has 3 rings (SSSR count). The number of rotatable bonds is 14. The fraction of sp³-hybridized carbons (Fsp3) is 0.433. The first-order valence-electron chi connectivity index (χ1n) is 12.9. The van der Waals surface area contributed by atoms with Crippen molar-refractivity contribution in [2.45, 2.75) is 84.5 Å². The summed E-state index contributed by atoms with van der Waals surface area (Å²) in [7, 11) is 0. The molecule has 0 fully saturated rings. The first-order valence-corrected chi connectivity index (χ1v) is 12.9. The van der Waals surface area contributed by atoms with Crippen LogP contribution in [0, 0.1) is 0 Å². The Hall–Kier alpha value is -3.01. The molecule has 1 heterocycles. The van der Waals surface area contributed by atoms with Gasteiger partial charge in [0.25, 0.3) is 0 Å².